The Morgan fingerprint density at radius 2 is 1.44 bits per heavy atom. The second-order valence-electron chi connectivity index (χ2n) is 11.6. The van der Waals surface area contributed by atoms with Crippen LogP contribution in [0.2, 0.25) is 0 Å². The number of nitrogens with zero attached hydrogens (tertiary/aromatic N) is 2. The van der Waals surface area contributed by atoms with E-state index in [1.807, 2.05) is 18.2 Å². The fourth-order valence-corrected chi connectivity index (χ4v) is 4.70. The molecule has 9 heteroatoms. The third-order valence-corrected chi connectivity index (χ3v) is 6.33. The highest BCUT2D eigenvalue weighted by Crippen LogP contribution is 2.36. The first-order valence-corrected chi connectivity index (χ1v) is 12.3. The number of amides is 2. The summed E-state index contributed by atoms with van der Waals surface area (Å²) in [6.45, 7) is 12.7. The lowest BCUT2D eigenvalue weighted by Crippen LogP contribution is -2.50. The van der Waals surface area contributed by atoms with Gasteiger partial charge in [-0.25, -0.2) is 14.4 Å². The van der Waals surface area contributed by atoms with Gasteiger partial charge >= 0.3 is 18.2 Å². The highest BCUT2D eigenvalue weighted by molar-refractivity contribution is 5.86. The molecule has 0 N–H and O–H groups in total. The van der Waals surface area contributed by atoms with Crippen LogP contribution < -0.4 is 0 Å². The van der Waals surface area contributed by atoms with E-state index < -0.39 is 41.4 Å². The summed E-state index contributed by atoms with van der Waals surface area (Å²) in [5.74, 6) is -0.646. The molecular formula is C27H38N2O7. The Hall–Kier alpha value is -3.10. The molecule has 1 fully saturated rings. The minimum atomic E-state index is -0.778. The van der Waals surface area contributed by atoms with Gasteiger partial charge in [0.1, 0.15) is 17.2 Å². The summed E-state index contributed by atoms with van der Waals surface area (Å²) >= 11 is 0. The number of carbonyl (C=O) groups excluding carboxylic acids is 4. The van der Waals surface area contributed by atoms with E-state index in [0.717, 1.165) is 16.7 Å². The summed E-state index contributed by atoms with van der Waals surface area (Å²) < 4.78 is 16.0. The number of Topliss-reactive ketones (excluding diaryl/α,β-unsaturated/α-hetero) is 1. The maximum Gasteiger partial charge on any atom is 0.411 e. The van der Waals surface area contributed by atoms with Crippen LogP contribution >= 0.6 is 0 Å². The van der Waals surface area contributed by atoms with Crippen LogP contribution in [0.5, 0.6) is 0 Å². The average molecular weight is 503 g/mol. The standard InChI is InChI=1S/C27H38N2O7/c1-16(30)21-13-20(15-28(21)24(32)35-26(2,3)4)17-9-10-18-12-22(23(31)34-8)29(14-19(18)11-17)25(33)36-27(5,6)7/h9-11,20-22H,12-15H2,1-8H3/t20?,21-,22?/m0/s1. The molecule has 1 aromatic carbocycles. The van der Waals surface area contributed by atoms with Gasteiger partial charge in [0.15, 0.2) is 5.78 Å². The van der Waals surface area contributed by atoms with Crippen molar-refractivity contribution in [3.63, 3.8) is 0 Å². The molecule has 2 aliphatic heterocycles. The molecule has 0 spiro atoms. The first-order chi connectivity index (χ1) is 16.6. The van der Waals surface area contributed by atoms with E-state index in [-0.39, 0.29) is 18.2 Å². The maximum atomic E-state index is 12.9. The second kappa shape index (κ2) is 10.1. The number of methoxy groups -OCH3 is 1. The van der Waals surface area contributed by atoms with Gasteiger partial charge in [0.2, 0.25) is 0 Å². The monoisotopic (exact) mass is 502 g/mol. The van der Waals surface area contributed by atoms with Gasteiger partial charge in [0, 0.05) is 18.9 Å². The van der Waals surface area contributed by atoms with Crippen LogP contribution in [0.25, 0.3) is 0 Å². The molecule has 2 amide bonds. The van der Waals surface area contributed by atoms with Crippen LogP contribution in [-0.2, 0) is 36.8 Å². The number of ether oxygens (including phenoxy) is 3. The van der Waals surface area contributed by atoms with Crippen molar-refractivity contribution in [2.24, 2.45) is 0 Å². The fraction of sp³-hybridized carbons (Fsp3) is 0.630. The predicted octanol–water partition coefficient (Wildman–Crippen LogP) is 4.20. The number of hydrogen-bond acceptors (Lipinski definition) is 7. The Kier molecular flexibility index (Phi) is 7.72. The smallest absolute Gasteiger partial charge is 0.411 e. The molecule has 198 valence electrons. The van der Waals surface area contributed by atoms with Crippen molar-refractivity contribution in [2.45, 2.75) is 97.1 Å². The van der Waals surface area contributed by atoms with E-state index in [4.69, 9.17) is 14.2 Å². The lowest BCUT2D eigenvalue weighted by atomic mass is 9.88. The molecule has 3 atom stereocenters. The molecule has 2 unspecified atom stereocenters. The number of hydrogen-bond donors (Lipinski definition) is 0. The van der Waals surface area contributed by atoms with Crippen molar-refractivity contribution < 1.29 is 33.4 Å². The zero-order chi connectivity index (χ0) is 27.0. The first kappa shape index (κ1) is 27.5. The van der Waals surface area contributed by atoms with Gasteiger partial charge in [-0.3, -0.25) is 14.6 Å². The van der Waals surface area contributed by atoms with Crippen LogP contribution in [0.1, 0.15) is 77.5 Å². The van der Waals surface area contributed by atoms with Gasteiger partial charge in [-0.05, 0) is 71.6 Å². The van der Waals surface area contributed by atoms with Crippen molar-refractivity contribution in [2.75, 3.05) is 13.7 Å². The van der Waals surface area contributed by atoms with E-state index in [2.05, 4.69) is 0 Å². The topological polar surface area (TPSA) is 102 Å². The molecule has 36 heavy (non-hydrogen) atoms. The molecular weight excluding hydrogens is 464 g/mol. The van der Waals surface area contributed by atoms with Crippen LogP contribution in [0.4, 0.5) is 9.59 Å². The molecule has 0 aromatic heterocycles. The van der Waals surface area contributed by atoms with Crippen molar-refractivity contribution >= 4 is 23.9 Å². The van der Waals surface area contributed by atoms with Crippen molar-refractivity contribution in [1.82, 2.24) is 9.80 Å². The molecule has 3 rings (SSSR count). The Labute approximate surface area is 213 Å². The predicted molar refractivity (Wildman–Crippen MR) is 132 cm³/mol. The number of likely N-dealkylation sites (tertiary alicyclic amines) is 1. The van der Waals surface area contributed by atoms with Gasteiger partial charge in [-0.2, -0.15) is 0 Å². The molecule has 2 aliphatic rings. The van der Waals surface area contributed by atoms with Crippen molar-refractivity contribution in [3.05, 3.63) is 34.9 Å². The minimum Gasteiger partial charge on any atom is -0.467 e. The number of ketones is 1. The Morgan fingerprint density at radius 1 is 0.861 bits per heavy atom. The number of benzene rings is 1. The summed E-state index contributed by atoms with van der Waals surface area (Å²) in [5, 5.41) is 0. The summed E-state index contributed by atoms with van der Waals surface area (Å²) in [4.78, 5) is 53.5. The Bertz CT molecular complexity index is 1040. The Balaban J connectivity index is 1.87. The molecule has 1 saturated heterocycles. The molecule has 0 bridgehead atoms. The van der Waals surface area contributed by atoms with Crippen LogP contribution in [0, 0.1) is 0 Å². The molecule has 0 saturated carbocycles. The third kappa shape index (κ3) is 6.36. The molecule has 2 heterocycles. The summed E-state index contributed by atoms with van der Waals surface area (Å²) in [7, 11) is 1.30. The quantitative estimate of drug-likeness (QED) is 0.451. The van der Waals surface area contributed by atoms with Crippen LogP contribution in [0.15, 0.2) is 18.2 Å². The highest BCUT2D eigenvalue weighted by atomic mass is 16.6. The van der Waals surface area contributed by atoms with Gasteiger partial charge in [0.05, 0.1) is 19.7 Å². The molecule has 0 radical (unpaired) electrons. The van der Waals surface area contributed by atoms with Gasteiger partial charge in [-0.15, -0.1) is 0 Å². The molecule has 1 aromatic rings. The first-order valence-electron chi connectivity index (χ1n) is 12.3. The number of rotatable bonds is 3. The molecule has 0 aliphatic carbocycles. The summed E-state index contributed by atoms with van der Waals surface area (Å²) in [5.41, 5.74) is 1.43. The zero-order valence-electron chi connectivity index (χ0n) is 22.5. The van der Waals surface area contributed by atoms with Gasteiger partial charge < -0.3 is 14.2 Å². The van der Waals surface area contributed by atoms with Gasteiger partial charge in [-0.1, -0.05) is 18.2 Å². The average Bonchev–Trinajstić information content (AvgIpc) is 3.21. The number of carbonyl (C=O) groups is 4. The largest absolute Gasteiger partial charge is 0.467 e. The van der Waals surface area contributed by atoms with E-state index in [0.29, 0.717) is 19.4 Å². The number of fused-ring (bicyclic) bond motifs is 1. The summed E-state index contributed by atoms with van der Waals surface area (Å²) in [6, 6.07) is 4.59. The van der Waals surface area contributed by atoms with E-state index >= 15 is 0 Å². The van der Waals surface area contributed by atoms with E-state index in [1.54, 1.807) is 41.5 Å². The van der Waals surface area contributed by atoms with Crippen molar-refractivity contribution in [3.8, 4) is 0 Å². The SMILES string of the molecule is COC(=O)C1Cc2ccc(C3C[C@@H](C(C)=O)N(C(=O)OC(C)(C)C)C3)cc2CN1C(=O)OC(C)(C)C. The van der Waals surface area contributed by atoms with Crippen LogP contribution in [0.3, 0.4) is 0 Å². The van der Waals surface area contributed by atoms with Gasteiger partial charge in [0.25, 0.3) is 0 Å². The fourth-order valence-electron chi connectivity index (χ4n) is 4.70. The van der Waals surface area contributed by atoms with Crippen molar-refractivity contribution in [1.29, 1.82) is 0 Å². The normalized spacial score (nSPS) is 22.1. The Morgan fingerprint density at radius 3 is 1.97 bits per heavy atom. The number of esters is 1. The zero-order valence-corrected chi connectivity index (χ0v) is 22.5. The van der Waals surface area contributed by atoms with E-state index in [1.165, 1.54) is 23.8 Å². The van der Waals surface area contributed by atoms with Crippen LogP contribution in [-0.4, -0.2) is 70.7 Å². The maximum absolute atomic E-state index is 12.9. The lowest BCUT2D eigenvalue weighted by molar-refractivity contribution is -0.147. The highest BCUT2D eigenvalue weighted by Gasteiger charge is 2.42. The third-order valence-electron chi connectivity index (χ3n) is 6.33. The summed E-state index contributed by atoms with van der Waals surface area (Å²) in [6.07, 6.45) is -0.275. The van der Waals surface area contributed by atoms with E-state index in [9.17, 15) is 19.2 Å². The molecule has 9 nitrogen and oxygen atoms in total. The lowest BCUT2D eigenvalue weighted by Gasteiger charge is -2.36. The second-order valence-corrected chi connectivity index (χ2v) is 11.6. The minimum absolute atomic E-state index is 0.0648.